The van der Waals surface area contributed by atoms with Crippen molar-refractivity contribution in [1.82, 2.24) is 14.9 Å². The highest BCUT2D eigenvalue weighted by atomic mass is 19.1. The molecule has 0 aliphatic carbocycles. The van der Waals surface area contributed by atoms with Crippen LogP contribution in [0, 0.1) is 5.82 Å². The first-order valence-corrected chi connectivity index (χ1v) is 12.2. The predicted molar refractivity (Wildman–Crippen MR) is 139 cm³/mol. The van der Waals surface area contributed by atoms with Crippen LogP contribution < -0.4 is 14.8 Å². The van der Waals surface area contributed by atoms with Gasteiger partial charge >= 0.3 is 0 Å². The highest BCUT2D eigenvalue weighted by Crippen LogP contribution is 2.27. The zero-order valence-electron chi connectivity index (χ0n) is 20.8. The number of ether oxygens (including phenoxy) is 2. The van der Waals surface area contributed by atoms with Crippen LogP contribution in [0.4, 0.5) is 4.39 Å². The number of halogens is 1. The number of unbranched alkanes of at least 4 members (excludes halogenated alkanes) is 2. The Kier molecular flexibility index (Phi) is 8.55. The van der Waals surface area contributed by atoms with Gasteiger partial charge in [-0.2, -0.15) is 0 Å². The molecule has 0 spiro atoms. The van der Waals surface area contributed by atoms with Crippen molar-refractivity contribution in [3.63, 3.8) is 0 Å². The van der Waals surface area contributed by atoms with Gasteiger partial charge in [-0.25, -0.2) is 9.37 Å². The molecule has 7 heteroatoms. The lowest BCUT2D eigenvalue weighted by molar-refractivity contribution is -0.120. The van der Waals surface area contributed by atoms with Crippen molar-refractivity contribution < 1.29 is 18.7 Å². The lowest BCUT2D eigenvalue weighted by atomic mass is 10.1. The van der Waals surface area contributed by atoms with Crippen LogP contribution in [-0.2, 0) is 24.2 Å². The number of aromatic nitrogens is 2. The van der Waals surface area contributed by atoms with E-state index in [0.29, 0.717) is 31.0 Å². The number of hydrogen-bond donors (Lipinski definition) is 1. The van der Waals surface area contributed by atoms with E-state index in [1.807, 2.05) is 48.5 Å². The number of rotatable bonds is 12. The Labute approximate surface area is 211 Å². The van der Waals surface area contributed by atoms with Crippen LogP contribution in [0.2, 0.25) is 0 Å². The number of hydrogen-bond acceptors (Lipinski definition) is 4. The summed E-state index contributed by atoms with van der Waals surface area (Å²) in [5.74, 6) is 2.05. The third-order valence-electron chi connectivity index (χ3n) is 6.20. The van der Waals surface area contributed by atoms with Gasteiger partial charge in [0.15, 0.2) is 11.5 Å². The lowest BCUT2D eigenvalue weighted by Gasteiger charge is -2.11. The normalized spacial score (nSPS) is 11.0. The molecule has 36 heavy (non-hydrogen) atoms. The minimum atomic E-state index is -0.231. The summed E-state index contributed by atoms with van der Waals surface area (Å²) in [6.07, 6.45) is 3.99. The number of carbonyl (C=O) groups is 1. The second kappa shape index (κ2) is 12.2. The minimum absolute atomic E-state index is 0.0108. The highest BCUT2D eigenvalue weighted by Gasteiger charge is 2.11. The molecule has 1 heterocycles. The van der Waals surface area contributed by atoms with Crippen LogP contribution in [0.3, 0.4) is 0 Å². The molecule has 0 unspecified atom stereocenters. The molecule has 0 aliphatic heterocycles. The number of para-hydroxylation sites is 2. The molecule has 0 radical (unpaired) electrons. The topological polar surface area (TPSA) is 65.4 Å². The maximum atomic E-state index is 13.3. The fourth-order valence-electron chi connectivity index (χ4n) is 4.32. The molecule has 3 aromatic carbocycles. The smallest absolute Gasteiger partial charge is 0.224 e. The van der Waals surface area contributed by atoms with E-state index >= 15 is 0 Å². The van der Waals surface area contributed by atoms with Crippen LogP contribution in [-0.4, -0.2) is 36.2 Å². The number of aryl methyl sites for hydroxylation is 1. The van der Waals surface area contributed by atoms with Crippen LogP contribution >= 0.6 is 0 Å². The monoisotopic (exact) mass is 489 g/mol. The van der Waals surface area contributed by atoms with Gasteiger partial charge in [-0.3, -0.25) is 4.79 Å². The number of nitrogens with one attached hydrogen (secondary N) is 1. The molecular formula is C29H32FN3O3. The maximum Gasteiger partial charge on any atom is 0.224 e. The van der Waals surface area contributed by atoms with E-state index in [1.54, 1.807) is 14.2 Å². The van der Waals surface area contributed by atoms with Crippen molar-refractivity contribution in [2.75, 3.05) is 20.8 Å². The average Bonchev–Trinajstić information content (AvgIpc) is 3.24. The third-order valence-corrected chi connectivity index (χ3v) is 6.20. The van der Waals surface area contributed by atoms with Gasteiger partial charge in [-0.1, -0.05) is 36.8 Å². The lowest BCUT2D eigenvalue weighted by Crippen LogP contribution is -2.26. The molecule has 0 atom stereocenters. The summed E-state index contributed by atoms with van der Waals surface area (Å²) < 4.78 is 26.1. The summed E-state index contributed by atoms with van der Waals surface area (Å²) in [7, 11) is 3.17. The molecule has 0 bridgehead atoms. The van der Waals surface area contributed by atoms with Gasteiger partial charge in [0.2, 0.25) is 5.91 Å². The number of amides is 1. The zero-order valence-corrected chi connectivity index (χ0v) is 20.8. The molecule has 0 saturated carbocycles. The second-order valence-corrected chi connectivity index (χ2v) is 8.76. The van der Waals surface area contributed by atoms with E-state index in [9.17, 15) is 9.18 Å². The van der Waals surface area contributed by atoms with E-state index in [0.717, 1.165) is 53.7 Å². The summed E-state index contributed by atoms with van der Waals surface area (Å²) in [5, 5.41) is 3.00. The quantitative estimate of drug-likeness (QED) is 0.274. The Morgan fingerprint density at radius 1 is 0.917 bits per heavy atom. The first-order chi connectivity index (χ1) is 17.6. The number of carbonyl (C=O) groups excluding carboxylic acids is 1. The highest BCUT2D eigenvalue weighted by molar-refractivity contribution is 5.78. The second-order valence-electron chi connectivity index (χ2n) is 8.76. The summed E-state index contributed by atoms with van der Waals surface area (Å²) >= 11 is 0. The van der Waals surface area contributed by atoms with Crippen LogP contribution in [0.1, 0.15) is 36.2 Å². The van der Waals surface area contributed by atoms with Gasteiger partial charge in [0.05, 0.1) is 31.7 Å². The van der Waals surface area contributed by atoms with E-state index in [1.165, 1.54) is 12.1 Å². The van der Waals surface area contributed by atoms with E-state index in [-0.39, 0.29) is 11.7 Å². The van der Waals surface area contributed by atoms with Gasteiger partial charge < -0.3 is 19.4 Å². The van der Waals surface area contributed by atoms with Gasteiger partial charge in [-0.05, 0) is 60.4 Å². The molecule has 1 N–H and O–H groups in total. The molecule has 188 valence electrons. The number of benzene rings is 3. The average molecular weight is 490 g/mol. The standard InChI is InChI=1S/C29H32FN3O3/c1-35-26-16-13-22(18-27(26)36-2)19-29(34)31-17-7-3-4-10-28-32-24-8-5-6-9-25(24)33(28)20-21-11-14-23(30)15-12-21/h5-6,8-9,11-16,18H,3-4,7,10,17,19-20H2,1-2H3,(H,31,34). The molecule has 1 amide bonds. The summed E-state index contributed by atoms with van der Waals surface area (Å²) in [4.78, 5) is 17.2. The van der Waals surface area contributed by atoms with Crippen molar-refractivity contribution in [1.29, 1.82) is 0 Å². The summed E-state index contributed by atoms with van der Waals surface area (Å²) in [5.41, 5.74) is 3.97. The van der Waals surface area contributed by atoms with E-state index in [4.69, 9.17) is 14.5 Å². The molecule has 4 rings (SSSR count). The number of nitrogens with zero attached hydrogens (tertiary/aromatic N) is 2. The van der Waals surface area contributed by atoms with Crippen molar-refractivity contribution in [2.45, 2.75) is 38.6 Å². The Hall–Kier alpha value is -3.87. The molecule has 4 aromatic rings. The minimum Gasteiger partial charge on any atom is -0.493 e. The van der Waals surface area contributed by atoms with Crippen LogP contribution in [0.15, 0.2) is 66.7 Å². The molecule has 0 aliphatic rings. The maximum absolute atomic E-state index is 13.3. The van der Waals surface area contributed by atoms with Gasteiger partial charge in [0.1, 0.15) is 11.6 Å². The van der Waals surface area contributed by atoms with Crippen molar-refractivity contribution in [2.24, 2.45) is 0 Å². The summed E-state index contributed by atoms with van der Waals surface area (Å²) in [6, 6.07) is 20.2. The van der Waals surface area contributed by atoms with Gasteiger partial charge in [-0.15, -0.1) is 0 Å². The molecule has 0 fully saturated rings. The van der Waals surface area contributed by atoms with Gasteiger partial charge in [0, 0.05) is 19.5 Å². The summed E-state index contributed by atoms with van der Waals surface area (Å²) in [6.45, 7) is 1.29. The van der Waals surface area contributed by atoms with Crippen LogP contribution in [0.5, 0.6) is 11.5 Å². The Morgan fingerprint density at radius 2 is 1.67 bits per heavy atom. The molecule has 0 saturated heterocycles. The Bertz CT molecular complexity index is 1300. The Morgan fingerprint density at radius 3 is 2.44 bits per heavy atom. The van der Waals surface area contributed by atoms with Crippen molar-refractivity contribution >= 4 is 16.9 Å². The van der Waals surface area contributed by atoms with E-state index < -0.39 is 0 Å². The van der Waals surface area contributed by atoms with E-state index in [2.05, 4.69) is 16.0 Å². The molecular weight excluding hydrogens is 457 g/mol. The number of imidazole rings is 1. The zero-order chi connectivity index (χ0) is 25.3. The fraction of sp³-hybridized carbons (Fsp3) is 0.310. The first-order valence-electron chi connectivity index (χ1n) is 12.2. The SMILES string of the molecule is COc1ccc(CC(=O)NCCCCCc2nc3ccccc3n2Cc2ccc(F)cc2)cc1OC. The third kappa shape index (κ3) is 6.42. The molecule has 6 nitrogen and oxygen atoms in total. The fourth-order valence-corrected chi connectivity index (χ4v) is 4.32. The predicted octanol–water partition coefficient (Wildman–Crippen LogP) is 5.31. The van der Waals surface area contributed by atoms with Crippen molar-refractivity contribution in [3.05, 3.63) is 89.5 Å². The van der Waals surface area contributed by atoms with Crippen molar-refractivity contribution in [3.8, 4) is 11.5 Å². The number of methoxy groups -OCH3 is 2. The van der Waals surface area contributed by atoms with Gasteiger partial charge in [0.25, 0.3) is 0 Å². The molecule has 1 aromatic heterocycles. The largest absolute Gasteiger partial charge is 0.493 e. The Balaban J connectivity index is 1.26. The number of fused-ring (bicyclic) bond motifs is 1. The van der Waals surface area contributed by atoms with Crippen LogP contribution in [0.25, 0.3) is 11.0 Å². The first kappa shape index (κ1) is 25.2.